The first-order chi connectivity index (χ1) is 12.4. The zero-order valence-electron chi connectivity index (χ0n) is 14.9. The fourth-order valence-electron chi connectivity index (χ4n) is 1.74. The molecule has 0 spiro atoms. The number of hydrogen-bond donors (Lipinski definition) is 2. The Morgan fingerprint density at radius 1 is 1.19 bits per heavy atom. The van der Waals surface area contributed by atoms with Gasteiger partial charge in [-0.05, 0) is 44.0 Å². The molecule has 9 nitrogen and oxygen atoms in total. The van der Waals surface area contributed by atoms with E-state index in [1.165, 1.54) is 12.3 Å². The Labute approximate surface area is 151 Å². The zero-order valence-corrected chi connectivity index (χ0v) is 14.9. The maximum absolute atomic E-state index is 11.6. The summed E-state index contributed by atoms with van der Waals surface area (Å²) < 4.78 is 10.5. The number of ether oxygens (including phenoxy) is 2. The van der Waals surface area contributed by atoms with E-state index in [0.29, 0.717) is 24.3 Å². The third-order valence-corrected chi connectivity index (χ3v) is 3.19. The highest BCUT2D eigenvalue weighted by Gasteiger charge is 2.14. The zero-order chi connectivity index (χ0) is 19.5. The monoisotopic (exact) mass is 364 g/mol. The number of carbonyl (C=O) groups is 3. The lowest BCUT2D eigenvalue weighted by Crippen LogP contribution is -2.41. The quantitative estimate of drug-likeness (QED) is 0.348. The van der Waals surface area contributed by atoms with Crippen molar-refractivity contribution in [3.8, 4) is 11.5 Å². The summed E-state index contributed by atoms with van der Waals surface area (Å²) in [6.07, 6.45) is 2.02. The number of benzene rings is 1. The molecule has 2 amide bonds. The molecule has 9 heteroatoms. The second-order valence-corrected chi connectivity index (χ2v) is 5.28. The molecule has 0 aromatic heterocycles. The van der Waals surface area contributed by atoms with E-state index < -0.39 is 24.4 Å². The van der Waals surface area contributed by atoms with E-state index in [9.17, 15) is 19.5 Å². The highest BCUT2D eigenvalue weighted by atomic mass is 16.5. The number of nitrogens with one attached hydrogen (secondary N) is 2. The molecule has 0 saturated heterocycles. The van der Waals surface area contributed by atoms with E-state index in [1.807, 2.05) is 6.92 Å². The van der Waals surface area contributed by atoms with Crippen LogP contribution in [-0.4, -0.2) is 43.3 Å². The fraction of sp³-hybridized carbons (Fsp3) is 0.412. The lowest BCUT2D eigenvalue weighted by Gasteiger charge is -2.12. The van der Waals surface area contributed by atoms with Gasteiger partial charge in [-0.15, -0.1) is 0 Å². The van der Waals surface area contributed by atoms with Gasteiger partial charge in [-0.1, -0.05) is 6.92 Å². The Balaban J connectivity index is 2.72. The molecular weight excluding hydrogens is 342 g/mol. The highest BCUT2D eigenvalue weighted by Crippen LogP contribution is 2.27. The van der Waals surface area contributed by atoms with Crippen molar-refractivity contribution in [2.45, 2.75) is 33.2 Å². The third-order valence-electron chi connectivity index (χ3n) is 3.19. The summed E-state index contributed by atoms with van der Waals surface area (Å²) in [4.78, 5) is 33.7. The number of hydrazone groups is 1. The normalized spacial score (nSPS) is 11.7. The summed E-state index contributed by atoms with van der Waals surface area (Å²) in [6, 6.07) is 4.54. The van der Waals surface area contributed by atoms with Crippen LogP contribution in [-0.2, 0) is 14.4 Å². The Bertz CT molecular complexity index is 674. The van der Waals surface area contributed by atoms with Gasteiger partial charge >= 0.3 is 11.8 Å². The van der Waals surface area contributed by atoms with Gasteiger partial charge in [-0.3, -0.25) is 9.59 Å². The molecule has 0 heterocycles. The lowest BCUT2D eigenvalue weighted by molar-refractivity contribution is -0.307. The Hall–Kier alpha value is -3.10. The molecule has 0 fully saturated rings. The molecule has 26 heavy (non-hydrogen) atoms. The molecule has 1 aromatic carbocycles. The van der Waals surface area contributed by atoms with Crippen LogP contribution in [0.15, 0.2) is 23.3 Å². The fourth-order valence-corrected chi connectivity index (χ4v) is 1.74. The van der Waals surface area contributed by atoms with Crippen molar-refractivity contribution >= 4 is 24.0 Å². The van der Waals surface area contributed by atoms with Gasteiger partial charge in [0, 0.05) is 6.04 Å². The van der Waals surface area contributed by atoms with E-state index in [2.05, 4.69) is 15.8 Å². The first-order valence-electron chi connectivity index (χ1n) is 8.10. The van der Waals surface area contributed by atoms with Crippen LogP contribution in [0, 0.1) is 0 Å². The van der Waals surface area contributed by atoms with Crippen LogP contribution >= 0.6 is 0 Å². The lowest BCUT2D eigenvalue weighted by atomic mass is 10.2. The van der Waals surface area contributed by atoms with Crippen molar-refractivity contribution in [1.82, 2.24) is 10.7 Å². The van der Waals surface area contributed by atoms with Gasteiger partial charge in [0.2, 0.25) is 0 Å². The van der Waals surface area contributed by atoms with Crippen molar-refractivity contribution < 1.29 is 29.0 Å². The van der Waals surface area contributed by atoms with Gasteiger partial charge in [0.25, 0.3) is 0 Å². The Morgan fingerprint density at radius 2 is 1.92 bits per heavy atom. The van der Waals surface area contributed by atoms with Gasteiger partial charge in [0.15, 0.2) is 11.5 Å². The van der Waals surface area contributed by atoms with Gasteiger partial charge in [0.05, 0.1) is 18.8 Å². The molecule has 0 saturated carbocycles. The van der Waals surface area contributed by atoms with Crippen molar-refractivity contribution in [2.75, 3.05) is 13.2 Å². The number of carboxylic acids is 1. The molecule has 1 rings (SSSR count). The van der Waals surface area contributed by atoms with E-state index in [1.54, 1.807) is 26.0 Å². The number of rotatable bonds is 9. The van der Waals surface area contributed by atoms with E-state index in [0.717, 1.165) is 0 Å². The summed E-state index contributed by atoms with van der Waals surface area (Å²) in [5.41, 5.74) is 2.68. The average Bonchev–Trinajstić information content (AvgIpc) is 2.60. The van der Waals surface area contributed by atoms with Crippen LogP contribution in [0.2, 0.25) is 0 Å². The topological polar surface area (TPSA) is 129 Å². The number of carboxylic acid groups (broad SMARTS) is 1. The van der Waals surface area contributed by atoms with Crippen molar-refractivity contribution in [3.63, 3.8) is 0 Å². The van der Waals surface area contributed by atoms with E-state index in [-0.39, 0.29) is 11.8 Å². The summed E-state index contributed by atoms with van der Waals surface area (Å²) in [5, 5.41) is 16.7. The highest BCUT2D eigenvalue weighted by molar-refractivity contribution is 6.35. The first kappa shape index (κ1) is 20.9. The minimum absolute atomic E-state index is 0.112. The maximum Gasteiger partial charge on any atom is 0.329 e. The van der Waals surface area contributed by atoms with Gasteiger partial charge in [-0.25, -0.2) is 5.43 Å². The van der Waals surface area contributed by atoms with Gasteiger partial charge in [0.1, 0.15) is 6.61 Å². The number of amides is 2. The molecule has 1 atom stereocenters. The predicted octanol–water partition coefficient (Wildman–Crippen LogP) is -0.421. The van der Waals surface area contributed by atoms with Crippen LogP contribution in [0.3, 0.4) is 0 Å². The second kappa shape index (κ2) is 10.7. The molecule has 0 aliphatic heterocycles. The minimum Gasteiger partial charge on any atom is -0.546 e. The van der Waals surface area contributed by atoms with Crippen LogP contribution in [0.4, 0.5) is 0 Å². The average molecular weight is 364 g/mol. The second-order valence-electron chi connectivity index (χ2n) is 5.28. The minimum atomic E-state index is -1.35. The van der Waals surface area contributed by atoms with Gasteiger partial charge in [-0.2, -0.15) is 5.10 Å². The van der Waals surface area contributed by atoms with Crippen LogP contribution in [0.1, 0.15) is 32.8 Å². The number of aliphatic carboxylic acids is 1. The third kappa shape index (κ3) is 7.20. The summed E-state index contributed by atoms with van der Waals surface area (Å²) in [6.45, 7) is 5.17. The van der Waals surface area contributed by atoms with Crippen molar-refractivity contribution in [2.24, 2.45) is 5.10 Å². The standard InChI is InChI=1S/C17H23N3O6/c1-4-11(3)19-16(23)17(24)20-18-9-12-6-7-13(26-10-15(21)22)14(8-12)25-5-2/h6-9,11H,4-5,10H2,1-3H3,(H,19,23)(H,20,24)(H,21,22)/p-1/b18-9-/t11-/m0/s1. The van der Waals surface area contributed by atoms with Crippen LogP contribution in [0.5, 0.6) is 11.5 Å². The van der Waals surface area contributed by atoms with Crippen LogP contribution < -0.4 is 25.3 Å². The Kier molecular flexibility index (Phi) is 8.62. The smallest absolute Gasteiger partial charge is 0.329 e. The predicted molar refractivity (Wildman–Crippen MR) is 91.7 cm³/mol. The molecular formula is C17H22N3O6-. The number of nitrogens with zero attached hydrogens (tertiary/aromatic N) is 1. The van der Waals surface area contributed by atoms with Crippen molar-refractivity contribution in [3.05, 3.63) is 23.8 Å². The largest absolute Gasteiger partial charge is 0.546 e. The summed E-state index contributed by atoms with van der Waals surface area (Å²) in [5.74, 6) is -2.43. The summed E-state index contributed by atoms with van der Waals surface area (Å²) >= 11 is 0. The van der Waals surface area contributed by atoms with Crippen LogP contribution in [0.25, 0.3) is 0 Å². The SMILES string of the molecule is CCOc1cc(/C=N\NC(=O)C(=O)N[C@@H](C)CC)ccc1OCC(=O)[O-]. The first-order valence-corrected chi connectivity index (χ1v) is 8.10. The molecule has 0 bridgehead atoms. The molecule has 1 aromatic rings. The number of hydrogen-bond acceptors (Lipinski definition) is 7. The van der Waals surface area contributed by atoms with E-state index in [4.69, 9.17) is 9.47 Å². The summed E-state index contributed by atoms with van der Waals surface area (Å²) in [7, 11) is 0. The molecule has 2 N–H and O–H groups in total. The Morgan fingerprint density at radius 3 is 2.54 bits per heavy atom. The molecule has 0 aliphatic rings. The number of carbonyl (C=O) groups excluding carboxylic acids is 3. The maximum atomic E-state index is 11.6. The van der Waals surface area contributed by atoms with Crippen molar-refractivity contribution in [1.29, 1.82) is 0 Å². The molecule has 0 radical (unpaired) electrons. The molecule has 142 valence electrons. The van der Waals surface area contributed by atoms with E-state index >= 15 is 0 Å². The molecule has 0 aliphatic carbocycles. The van der Waals surface area contributed by atoms with Gasteiger partial charge < -0.3 is 24.7 Å². The molecule has 0 unspecified atom stereocenters.